The molecule has 5 heteroatoms. The highest BCUT2D eigenvalue weighted by molar-refractivity contribution is 9.10. The molecule has 1 heterocycles. The first-order valence-electron chi connectivity index (χ1n) is 9.44. The average molecular weight is 437 g/mol. The molecule has 6 rings (SSSR count). The third-order valence-electron chi connectivity index (χ3n) is 6.53. The molecule has 3 nitrogen and oxygen atoms in total. The van der Waals surface area contributed by atoms with Crippen molar-refractivity contribution in [3.8, 4) is 11.3 Å². The van der Waals surface area contributed by atoms with E-state index in [1.54, 1.807) is 0 Å². The van der Waals surface area contributed by atoms with Crippen LogP contribution in [0.15, 0.2) is 39.2 Å². The van der Waals surface area contributed by atoms with Gasteiger partial charge in [-0.05, 0) is 80.7 Å². The largest absolute Gasteiger partial charge is 0.460 e. The molecule has 4 fully saturated rings. The highest BCUT2D eigenvalue weighted by Crippen LogP contribution is 2.57. The molecule has 2 atom stereocenters. The molecule has 0 saturated heterocycles. The van der Waals surface area contributed by atoms with Gasteiger partial charge in [-0.15, -0.1) is 0 Å². The first-order chi connectivity index (χ1) is 12.4. The molecule has 0 radical (unpaired) electrons. The molecule has 138 valence electrons. The third kappa shape index (κ3) is 3.05. The summed E-state index contributed by atoms with van der Waals surface area (Å²) in [6.07, 6.45) is 6.58. The average Bonchev–Trinajstić information content (AvgIpc) is 2.99. The van der Waals surface area contributed by atoms with E-state index in [9.17, 15) is 5.11 Å². The van der Waals surface area contributed by atoms with Gasteiger partial charge in [0.2, 0.25) is 0 Å². The molecule has 26 heavy (non-hydrogen) atoms. The summed E-state index contributed by atoms with van der Waals surface area (Å²) in [4.78, 5) is 0. The molecule has 0 spiro atoms. The fraction of sp³-hybridized carbons (Fsp3) is 0.524. The molecule has 2 aromatic rings. The van der Waals surface area contributed by atoms with Gasteiger partial charge in [-0.2, -0.15) is 0 Å². The van der Waals surface area contributed by atoms with Gasteiger partial charge in [0.05, 0.1) is 17.2 Å². The standard InChI is InChI=1S/C21H23BrClNO2/c22-15-1-3-17(18(23)6-15)19-4-2-16(26-19)11-24-20-7-13-5-14(8-20)10-21(25,9-13)12-20/h1-4,6,13-14,24-25H,5,7-12H2. The maximum absolute atomic E-state index is 10.9. The lowest BCUT2D eigenvalue weighted by Crippen LogP contribution is -2.64. The Morgan fingerprint density at radius 1 is 1.15 bits per heavy atom. The van der Waals surface area contributed by atoms with E-state index < -0.39 is 5.60 Å². The number of nitrogens with one attached hydrogen (secondary N) is 1. The molecule has 2 unspecified atom stereocenters. The zero-order valence-electron chi connectivity index (χ0n) is 14.6. The van der Waals surface area contributed by atoms with Gasteiger partial charge < -0.3 is 14.8 Å². The number of benzene rings is 1. The lowest BCUT2D eigenvalue weighted by atomic mass is 9.51. The Morgan fingerprint density at radius 3 is 2.62 bits per heavy atom. The fourth-order valence-electron chi connectivity index (χ4n) is 6.00. The Bertz CT molecular complexity index is 834. The van der Waals surface area contributed by atoms with E-state index >= 15 is 0 Å². The molecular weight excluding hydrogens is 414 g/mol. The van der Waals surface area contributed by atoms with Crippen LogP contribution in [-0.2, 0) is 6.54 Å². The van der Waals surface area contributed by atoms with E-state index in [2.05, 4.69) is 21.2 Å². The predicted molar refractivity (Wildman–Crippen MR) is 106 cm³/mol. The lowest BCUT2D eigenvalue weighted by Gasteiger charge is -2.60. The van der Waals surface area contributed by atoms with Gasteiger partial charge in [-0.25, -0.2) is 0 Å². The molecule has 0 amide bonds. The molecule has 4 saturated carbocycles. The summed E-state index contributed by atoms with van der Waals surface area (Å²) in [5.74, 6) is 3.08. The van der Waals surface area contributed by atoms with Gasteiger partial charge in [0, 0.05) is 15.6 Å². The summed E-state index contributed by atoms with van der Waals surface area (Å²) in [7, 11) is 0. The van der Waals surface area contributed by atoms with Crippen molar-refractivity contribution in [3.05, 3.63) is 45.6 Å². The van der Waals surface area contributed by atoms with Crippen LogP contribution in [0, 0.1) is 11.8 Å². The Kier molecular flexibility index (Phi) is 4.06. The van der Waals surface area contributed by atoms with Crippen molar-refractivity contribution in [2.24, 2.45) is 11.8 Å². The van der Waals surface area contributed by atoms with Crippen LogP contribution in [0.2, 0.25) is 5.02 Å². The van der Waals surface area contributed by atoms with Gasteiger partial charge in [0.15, 0.2) is 0 Å². The van der Waals surface area contributed by atoms with Crippen molar-refractivity contribution in [1.82, 2.24) is 5.32 Å². The molecule has 4 bridgehead atoms. The van der Waals surface area contributed by atoms with Crippen molar-refractivity contribution in [1.29, 1.82) is 0 Å². The summed E-state index contributed by atoms with van der Waals surface area (Å²) in [6.45, 7) is 0.698. The van der Waals surface area contributed by atoms with Gasteiger partial charge in [-0.1, -0.05) is 27.5 Å². The van der Waals surface area contributed by atoms with Crippen LogP contribution in [0.5, 0.6) is 0 Å². The number of hydrogen-bond donors (Lipinski definition) is 2. The topological polar surface area (TPSA) is 45.4 Å². The highest BCUT2D eigenvalue weighted by atomic mass is 79.9. The second kappa shape index (κ2) is 6.10. The molecule has 1 aromatic carbocycles. The van der Waals surface area contributed by atoms with Crippen LogP contribution in [-0.4, -0.2) is 16.2 Å². The third-order valence-corrected chi connectivity index (χ3v) is 7.33. The van der Waals surface area contributed by atoms with Crippen molar-refractivity contribution in [2.45, 2.75) is 56.2 Å². The number of hydrogen-bond acceptors (Lipinski definition) is 3. The minimum Gasteiger partial charge on any atom is -0.460 e. The monoisotopic (exact) mass is 435 g/mol. The Labute approximate surface area is 167 Å². The Morgan fingerprint density at radius 2 is 1.92 bits per heavy atom. The summed E-state index contributed by atoms with van der Waals surface area (Å²) in [5, 5.41) is 15.3. The van der Waals surface area contributed by atoms with Crippen LogP contribution < -0.4 is 5.32 Å². The summed E-state index contributed by atoms with van der Waals surface area (Å²) >= 11 is 9.78. The molecule has 1 aromatic heterocycles. The first kappa shape index (κ1) is 17.3. The van der Waals surface area contributed by atoms with Gasteiger partial charge in [0.25, 0.3) is 0 Å². The molecule has 4 aliphatic carbocycles. The van der Waals surface area contributed by atoms with E-state index in [-0.39, 0.29) is 5.54 Å². The maximum atomic E-state index is 10.9. The smallest absolute Gasteiger partial charge is 0.135 e. The second-order valence-corrected chi connectivity index (χ2v) is 10.0. The minimum absolute atomic E-state index is 0.0844. The molecule has 4 aliphatic rings. The minimum atomic E-state index is -0.434. The Balaban J connectivity index is 1.32. The summed E-state index contributed by atoms with van der Waals surface area (Å²) in [6, 6.07) is 9.83. The maximum Gasteiger partial charge on any atom is 0.135 e. The van der Waals surface area contributed by atoms with Crippen LogP contribution >= 0.6 is 27.5 Å². The van der Waals surface area contributed by atoms with E-state index in [0.29, 0.717) is 23.4 Å². The zero-order chi connectivity index (χ0) is 17.9. The van der Waals surface area contributed by atoms with Crippen molar-refractivity contribution >= 4 is 27.5 Å². The van der Waals surface area contributed by atoms with Crippen LogP contribution in [0.1, 0.15) is 44.3 Å². The summed E-state index contributed by atoms with van der Waals surface area (Å²) in [5.41, 5.74) is 0.558. The number of aliphatic hydroxyl groups is 1. The molecular formula is C21H23BrClNO2. The second-order valence-electron chi connectivity index (χ2n) is 8.71. The van der Waals surface area contributed by atoms with Crippen LogP contribution in [0.3, 0.4) is 0 Å². The van der Waals surface area contributed by atoms with Crippen LogP contribution in [0.4, 0.5) is 0 Å². The summed E-state index contributed by atoms with van der Waals surface area (Å²) < 4.78 is 7.01. The van der Waals surface area contributed by atoms with E-state index in [4.69, 9.17) is 16.0 Å². The van der Waals surface area contributed by atoms with Gasteiger partial charge in [-0.3, -0.25) is 0 Å². The normalized spacial score (nSPS) is 35.2. The molecule has 0 aliphatic heterocycles. The highest BCUT2D eigenvalue weighted by Gasteiger charge is 2.56. The Hall–Kier alpha value is -0.810. The molecule has 2 N–H and O–H groups in total. The van der Waals surface area contributed by atoms with E-state index in [1.807, 2.05) is 30.3 Å². The van der Waals surface area contributed by atoms with E-state index in [0.717, 1.165) is 40.8 Å². The SMILES string of the molecule is OC12CC3CC(C1)CC(NCc1ccc(-c4ccc(Br)cc4Cl)o1)(C3)C2. The lowest BCUT2D eigenvalue weighted by molar-refractivity contribution is -0.143. The van der Waals surface area contributed by atoms with Crippen LogP contribution in [0.25, 0.3) is 11.3 Å². The fourth-order valence-corrected chi connectivity index (χ4v) is 6.77. The number of rotatable bonds is 4. The van der Waals surface area contributed by atoms with Gasteiger partial charge in [0.1, 0.15) is 11.5 Å². The first-order valence-corrected chi connectivity index (χ1v) is 10.6. The van der Waals surface area contributed by atoms with Gasteiger partial charge >= 0.3 is 0 Å². The predicted octanol–water partition coefficient (Wildman–Crippen LogP) is 5.54. The quantitative estimate of drug-likeness (QED) is 0.662. The van der Waals surface area contributed by atoms with Crippen molar-refractivity contribution in [2.75, 3.05) is 0 Å². The van der Waals surface area contributed by atoms with Crippen molar-refractivity contribution < 1.29 is 9.52 Å². The number of furan rings is 1. The van der Waals surface area contributed by atoms with E-state index in [1.165, 1.54) is 19.3 Å². The van der Waals surface area contributed by atoms with Crippen molar-refractivity contribution in [3.63, 3.8) is 0 Å². The number of halogens is 2. The zero-order valence-corrected chi connectivity index (χ0v) is 16.9.